The standard InChI is InChI=1S/C28H34OSi/c1-27(2)21-14-22-28(3,4)26(27)29-30(23-15-8-5-9-16-23,24-17-10-6-11-18-24)25-19-12-7-13-20-25/h5-13,15-20,26H,14,21-22H2,1-4H3. The topological polar surface area (TPSA) is 9.23 Å². The summed E-state index contributed by atoms with van der Waals surface area (Å²) in [5, 5.41) is 3.96. The molecular formula is C28H34OSi. The van der Waals surface area contributed by atoms with E-state index in [0.29, 0.717) is 0 Å². The molecule has 0 amide bonds. The second-order valence-electron chi connectivity index (χ2n) is 10.1. The summed E-state index contributed by atoms with van der Waals surface area (Å²) in [4.78, 5) is 0. The third-order valence-electron chi connectivity index (χ3n) is 6.90. The van der Waals surface area contributed by atoms with Gasteiger partial charge in [0.05, 0.1) is 6.10 Å². The van der Waals surface area contributed by atoms with E-state index >= 15 is 0 Å². The molecule has 0 saturated heterocycles. The summed E-state index contributed by atoms with van der Waals surface area (Å²) in [6, 6.07) is 32.9. The zero-order valence-corrected chi connectivity index (χ0v) is 19.8. The van der Waals surface area contributed by atoms with E-state index in [1.807, 2.05) is 0 Å². The molecule has 0 aliphatic heterocycles. The van der Waals surface area contributed by atoms with E-state index < -0.39 is 8.32 Å². The largest absolute Gasteiger partial charge is 0.400 e. The van der Waals surface area contributed by atoms with E-state index in [2.05, 4.69) is 119 Å². The minimum absolute atomic E-state index is 0.137. The highest BCUT2D eigenvalue weighted by Gasteiger charge is 2.52. The minimum atomic E-state index is -2.69. The molecule has 1 saturated carbocycles. The Labute approximate surface area is 183 Å². The van der Waals surface area contributed by atoms with Crippen LogP contribution in [0.15, 0.2) is 91.0 Å². The summed E-state index contributed by atoms with van der Waals surface area (Å²) in [5.74, 6) is 0. The van der Waals surface area contributed by atoms with Crippen molar-refractivity contribution >= 4 is 23.9 Å². The summed E-state index contributed by atoms with van der Waals surface area (Å²) >= 11 is 0. The van der Waals surface area contributed by atoms with E-state index in [-0.39, 0.29) is 16.9 Å². The van der Waals surface area contributed by atoms with E-state index in [0.717, 1.165) is 0 Å². The summed E-state index contributed by atoms with van der Waals surface area (Å²) in [7, 11) is -2.69. The summed E-state index contributed by atoms with van der Waals surface area (Å²) in [5.41, 5.74) is 0.274. The van der Waals surface area contributed by atoms with Crippen molar-refractivity contribution in [2.45, 2.75) is 53.1 Å². The number of hydrogen-bond donors (Lipinski definition) is 0. The van der Waals surface area contributed by atoms with Crippen molar-refractivity contribution in [1.29, 1.82) is 0 Å². The van der Waals surface area contributed by atoms with Crippen LogP contribution >= 0.6 is 0 Å². The van der Waals surface area contributed by atoms with Gasteiger partial charge in [0, 0.05) is 0 Å². The molecule has 2 heteroatoms. The monoisotopic (exact) mass is 414 g/mol. The molecule has 0 spiro atoms. The summed E-state index contributed by atoms with van der Waals surface area (Å²) in [6.45, 7) is 9.61. The molecule has 0 heterocycles. The van der Waals surface area contributed by atoms with Crippen molar-refractivity contribution in [1.82, 2.24) is 0 Å². The normalized spacial score (nSPS) is 18.8. The Morgan fingerprint density at radius 2 is 0.933 bits per heavy atom. The molecule has 0 radical (unpaired) electrons. The van der Waals surface area contributed by atoms with Crippen molar-refractivity contribution < 1.29 is 4.43 Å². The Hall–Kier alpha value is -2.16. The van der Waals surface area contributed by atoms with Crippen molar-refractivity contribution in [3.8, 4) is 0 Å². The van der Waals surface area contributed by atoms with Crippen molar-refractivity contribution in [2.24, 2.45) is 10.8 Å². The maximum atomic E-state index is 7.61. The maximum Gasteiger partial charge on any atom is 0.288 e. The molecule has 1 aliphatic rings. The lowest BCUT2D eigenvalue weighted by Crippen LogP contribution is -2.72. The van der Waals surface area contributed by atoms with Gasteiger partial charge in [-0.15, -0.1) is 0 Å². The molecule has 3 aromatic rings. The van der Waals surface area contributed by atoms with Gasteiger partial charge in [0.15, 0.2) is 0 Å². The molecule has 0 atom stereocenters. The van der Waals surface area contributed by atoms with Crippen LogP contribution in [0.25, 0.3) is 0 Å². The van der Waals surface area contributed by atoms with Gasteiger partial charge in [-0.3, -0.25) is 0 Å². The smallest absolute Gasteiger partial charge is 0.288 e. The molecular weight excluding hydrogens is 380 g/mol. The number of hydrogen-bond acceptors (Lipinski definition) is 1. The SMILES string of the molecule is CC1(C)CCCC(C)(C)C1O[Si](c1ccccc1)(c1ccccc1)c1ccccc1. The lowest BCUT2D eigenvalue weighted by Gasteiger charge is -2.52. The molecule has 1 nitrogen and oxygen atoms in total. The Morgan fingerprint density at radius 3 is 1.27 bits per heavy atom. The summed E-state index contributed by atoms with van der Waals surface area (Å²) < 4.78 is 7.61. The van der Waals surface area contributed by atoms with Gasteiger partial charge in [-0.2, -0.15) is 0 Å². The van der Waals surface area contributed by atoms with Gasteiger partial charge in [-0.1, -0.05) is 125 Å². The van der Waals surface area contributed by atoms with Crippen molar-refractivity contribution in [3.05, 3.63) is 91.0 Å². The predicted octanol–water partition coefficient (Wildman–Crippen LogP) is 5.28. The van der Waals surface area contributed by atoms with Gasteiger partial charge in [-0.25, -0.2) is 0 Å². The first-order chi connectivity index (χ1) is 14.4. The second kappa shape index (κ2) is 8.17. The highest BCUT2D eigenvalue weighted by Crippen LogP contribution is 2.48. The van der Waals surface area contributed by atoms with Crippen LogP contribution in [0.3, 0.4) is 0 Å². The van der Waals surface area contributed by atoms with E-state index in [1.165, 1.54) is 34.8 Å². The van der Waals surface area contributed by atoms with Crippen molar-refractivity contribution in [3.63, 3.8) is 0 Å². The first-order valence-corrected chi connectivity index (χ1v) is 13.1. The van der Waals surface area contributed by atoms with Gasteiger partial charge < -0.3 is 4.43 Å². The predicted molar refractivity (Wildman–Crippen MR) is 130 cm³/mol. The van der Waals surface area contributed by atoms with Crippen LogP contribution in [-0.2, 0) is 4.43 Å². The van der Waals surface area contributed by atoms with E-state index in [1.54, 1.807) is 0 Å². The highest BCUT2D eigenvalue weighted by atomic mass is 28.4. The molecule has 1 fully saturated rings. The van der Waals surface area contributed by atoms with Crippen LogP contribution in [0, 0.1) is 10.8 Å². The van der Waals surface area contributed by atoms with Crippen LogP contribution in [-0.4, -0.2) is 14.4 Å². The quantitative estimate of drug-likeness (QED) is 0.408. The molecule has 30 heavy (non-hydrogen) atoms. The fourth-order valence-corrected chi connectivity index (χ4v) is 9.92. The highest BCUT2D eigenvalue weighted by molar-refractivity contribution is 7.07. The first-order valence-electron chi connectivity index (χ1n) is 11.2. The van der Waals surface area contributed by atoms with Gasteiger partial charge in [0.25, 0.3) is 8.32 Å². The van der Waals surface area contributed by atoms with Gasteiger partial charge in [0.1, 0.15) is 0 Å². The molecule has 1 aliphatic carbocycles. The fraction of sp³-hybridized carbons (Fsp3) is 0.357. The fourth-order valence-electron chi connectivity index (χ4n) is 5.54. The van der Waals surface area contributed by atoms with Crippen LogP contribution in [0.1, 0.15) is 47.0 Å². The van der Waals surface area contributed by atoms with Crippen LogP contribution in [0.5, 0.6) is 0 Å². The van der Waals surface area contributed by atoms with Crippen molar-refractivity contribution in [2.75, 3.05) is 0 Å². The molecule has 0 N–H and O–H groups in total. The first kappa shape index (κ1) is 21.1. The maximum absolute atomic E-state index is 7.61. The Kier molecular flexibility index (Phi) is 5.74. The van der Waals surface area contributed by atoms with Crippen LogP contribution < -0.4 is 15.6 Å². The van der Waals surface area contributed by atoms with E-state index in [4.69, 9.17) is 4.43 Å². The minimum Gasteiger partial charge on any atom is -0.400 e. The lowest BCUT2D eigenvalue weighted by atomic mass is 9.63. The zero-order chi connectivity index (χ0) is 21.2. The molecule has 3 aromatic carbocycles. The zero-order valence-electron chi connectivity index (χ0n) is 18.8. The third kappa shape index (κ3) is 3.79. The molecule has 156 valence electrons. The van der Waals surface area contributed by atoms with Crippen LogP contribution in [0.2, 0.25) is 0 Å². The van der Waals surface area contributed by atoms with E-state index in [9.17, 15) is 0 Å². The molecule has 0 aromatic heterocycles. The Bertz CT molecular complexity index is 835. The Balaban J connectivity index is 1.98. The van der Waals surface area contributed by atoms with Crippen LogP contribution in [0.4, 0.5) is 0 Å². The number of benzene rings is 3. The molecule has 0 unspecified atom stereocenters. The Morgan fingerprint density at radius 1 is 0.600 bits per heavy atom. The second-order valence-corrected chi connectivity index (χ2v) is 13.4. The van der Waals surface area contributed by atoms with Gasteiger partial charge >= 0.3 is 0 Å². The summed E-state index contributed by atoms with van der Waals surface area (Å²) in [6.07, 6.45) is 3.88. The molecule has 0 bridgehead atoms. The number of rotatable bonds is 5. The third-order valence-corrected chi connectivity index (χ3v) is 10.9. The van der Waals surface area contributed by atoms with Gasteiger partial charge in [-0.05, 0) is 39.2 Å². The lowest BCUT2D eigenvalue weighted by molar-refractivity contribution is -0.0595. The van der Waals surface area contributed by atoms with Gasteiger partial charge in [0.2, 0.25) is 0 Å². The average Bonchev–Trinajstić information content (AvgIpc) is 2.75. The average molecular weight is 415 g/mol. The molecule has 4 rings (SSSR count).